The van der Waals surface area contributed by atoms with Crippen LogP contribution in [0.2, 0.25) is 0 Å². The summed E-state index contributed by atoms with van der Waals surface area (Å²) in [5.74, 6) is 1.87. The summed E-state index contributed by atoms with van der Waals surface area (Å²) in [6.45, 7) is 1.93. The van der Waals surface area contributed by atoms with Gasteiger partial charge in [-0.2, -0.15) is 5.10 Å². The standard InChI is InChI=1S/C11H18N4O/c16-8-4-3-6-12-10(8)11-13-9-5-1-2-7-15(9)14-11/h8,10,12,16H,1-7H2. The van der Waals surface area contributed by atoms with E-state index in [0.717, 1.165) is 44.0 Å². The Morgan fingerprint density at radius 2 is 2.25 bits per heavy atom. The molecule has 0 radical (unpaired) electrons. The number of hydrogen-bond acceptors (Lipinski definition) is 4. The molecular formula is C11H18N4O. The summed E-state index contributed by atoms with van der Waals surface area (Å²) < 4.78 is 2.00. The van der Waals surface area contributed by atoms with E-state index in [-0.39, 0.29) is 12.1 Å². The molecule has 88 valence electrons. The van der Waals surface area contributed by atoms with Crippen LogP contribution in [0.3, 0.4) is 0 Å². The molecule has 0 saturated carbocycles. The molecule has 0 amide bonds. The van der Waals surface area contributed by atoms with Crippen LogP contribution in [0.1, 0.15) is 43.4 Å². The zero-order valence-electron chi connectivity index (χ0n) is 9.39. The Hall–Kier alpha value is -0.940. The topological polar surface area (TPSA) is 63.0 Å². The monoisotopic (exact) mass is 222 g/mol. The fourth-order valence-corrected chi connectivity index (χ4v) is 2.57. The second-order valence-corrected chi connectivity index (χ2v) is 4.71. The fourth-order valence-electron chi connectivity index (χ4n) is 2.57. The summed E-state index contributed by atoms with van der Waals surface area (Å²) in [5, 5.41) is 17.7. The summed E-state index contributed by atoms with van der Waals surface area (Å²) in [5.41, 5.74) is 0. The van der Waals surface area contributed by atoms with Crippen molar-refractivity contribution in [2.24, 2.45) is 0 Å². The van der Waals surface area contributed by atoms with Crippen molar-refractivity contribution in [2.75, 3.05) is 6.54 Å². The molecule has 1 saturated heterocycles. The maximum atomic E-state index is 9.93. The molecule has 2 aliphatic rings. The highest BCUT2D eigenvalue weighted by Gasteiger charge is 2.28. The highest BCUT2D eigenvalue weighted by atomic mass is 16.3. The van der Waals surface area contributed by atoms with Crippen LogP contribution >= 0.6 is 0 Å². The Bertz CT molecular complexity index is 353. The van der Waals surface area contributed by atoms with Crippen LogP contribution in [0.4, 0.5) is 0 Å². The third-order valence-corrected chi connectivity index (χ3v) is 3.49. The van der Waals surface area contributed by atoms with Gasteiger partial charge in [-0.05, 0) is 32.2 Å². The molecule has 0 aliphatic carbocycles. The first-order chi connectivity index (χ1) is 7.84. The SMILES string of the molecule is OC1CCCNC1c1nc2n(n1)CCCC2. The van der Waals surface area contributed by atoms with Gasteiger partial charge in [0.25, 0.3) is 0 Å². The van der Waals surface area contributed by atoms with E-state index in [2.05, 4.69) is 15.4 Å². The molecule has 2 aliphatic heterocycles. The van der Waals surface area contributed by atoms with E-state index in [1.807, 2.05) is 4.68 Å². The molecule has 5 heteroatoms. The van der Waals surface area contributed by atoms with E-state index >= 15 is 0 Å². The lowest BCUT2D eigenvalue weighted by atomic mass is 10.0. The van der Waals surface area contributed by atoms with Gasteiger partial charge in [-0.1, -0.05) is 0 Å². The average molecular weight is 222 g/mol. The molecule has 1 fully saturated rings. The maximum Gasteiger partial charge on any atom is 0.170 e. The Balaban J connectivity index is 1.85. The number of piperidine rings is 1. The number of nitrogens with zero attached hydrogens (tertiary/aromatic N) is 3. The smallest absolute Gasteiger partial charge is 0.170 e. The number of nitrogens with one attached hydrogen (secondary N) is 1. The predicted octanol–water partition coefficient (Wildman–Crippen LogP) is 0.400. The van der Waals surface area contributed by atoms with E-state index in [1.54, 1.807) is 0 Å². The van der Waals surface area contributed by atoms with Gasteiger partial charge in [-0.25, -0.2) is 9.67 Å². The first-order valence-electron chi connectivity index (χ1n) is 6.19. The minimum Gasteiger partial charge on any atom is -0.391 e. The average Bonchev–Trinajstić information content (AvgIpc) is 2.73. The molecule has 2 N–H and O–H groups in total. The minimum absolute atomic E-state index is 0.0631. The number of aromatic nitrogens is 3. The van der Waals surface area contributed by atoms with Crippen molar-refractivity contribution >= 4 is 0 Å². The van der Waals surface area contributed by atoms with Crippen molar-refractivity contribution in [1.82, 2.24) is 20.1 Å². The maximum absolute atomic E-state index is 9.93. The van der Waals surface area contributed by atoms with Crippen molar-refractivity contribution < 1.29 is 5.11 Å². The quantitative estimate of drug-likeness (QED) is 0.722. The van der Waals surface area contributed by atoms with Gasteiger partial charge in [-0.3, -0.25) is 0 Å². The van der Waals surface area contributed by atoms with Crippen LogP contribution in [0, 0.1) is 0 Å². The molecule has 1 aromatic heterocycles. The van der Waals surface area contributed by atoms with Crippen LogP contribution in [0.15, 0.2) is 0 Å². The zero-order valence-corrected chi connectivity index (χ0v) is 9.39. The van der Waals surface area contributed by atoms with Crippen LogP contribution < -0.4 is 5.32 Å². The van der Waals surface area contributed by atoms with E-state index in [9.17, 15) is 5.11 Å². The van der Waals surface area contributed by atoms with Crippen LogP contribution in [0.25, 0.3) is 0 Å². The van der Waals surface area contributed by atoms with Gasteiger partial charge >= 0.3 is 0 Å². The summed E-state index contributed by atoms with van der Waals surface area (Å²) >= 11 is 0. The van der Waals surface area contributed by atoms with E-state index in [1.165, 1.54) is 12.8 Å². The lowest BCUT2D eigenvalue weighted by Gasteiger charge is -2.26. The third kappa shape index (κ3) is 1.74. The molecule has 5 nitrogen and oxygen atoms in total. The molecule has 0 spiro atoms. The molecule has 16 heavy (non-hydrogen) atoms. The number of rotatable bonds is 1. The van der Waals surface area contributed by atoms with Gasteiger partial charge in [0.05, 0.1) is 12.1 Å². The zero-order chi connectivity index (χ0) is 11.0. The first kappa shape index (κ1) is 10.2. The Kier molecular flexibility index (Phi) is 2.65. The van der Waals surface area contributed by atoms with Gasteiger partial charge in [0.1, 0.15) is 5.82 Å². The third-order valence-electron chi connectivity index (χ3n) is 3.49. The number of fused-ring (bicyclic) bond motifs is 1. The van der Waals surface area contributed by atoms with Gasteiger partial charge in [-0.15, -0.1) is 0 Å². The van der Waals surface area contributed by atoms with Crippen molar-refractivity contribution in [1.29, 1.82) is 0 Å². The minimum atomic E-state index is -0.335. The van der Waals surface area contributed by atoms with E-state index in [4.69, 9.17) is 0 Å². The Morgan fingerprint density at radius 1 is 1.31 bits per heavy atom. The summed E-state index contributed by atoms with van der Waals surface area (Å²) in [4.78, 5) is 4.55. The molecule has 1 aromatic rings. The molecule has 2 atom stereocenters. The fraction of sp³-hybridized carbons (Fsp3) is 0.818. The number of hydrogen-bond donors (Lipinski definition) is 2. The lowest BCUT2D eigenvalue weighted by molar-refractivity contribution is 0.0926. The number of aryl methyl sites for hydroxylation is 2. The normalized spacial score (nSPS) is 30.1. The van der Waals surface area contributed by atoms with E-state index in [0.29, 0.717) is 0 Å². The molecule has 3 heterocycles. The summed E-state index contributed by atoms with van der Waals surface area (Å²) in [6, 6.07) is -0.0631. The summed E-state index contributed by atoms with van der Waals surface area (Å²) in [7, 11) is 0. The second kappa shape index (κ2) is 4.14. The van der Waals surface area contributed by atoms with Crippen molar-refractivity contribution in [3.8, 4) is 0 Å². The lowest BCUT2D eigenvalue weighted by Crippen LogP contribution is -2.38. The molecular weight excluding hydrogens is 204 g/mol. The van der Waals surface area contributed by atoms with Gasteiger partial charge in [0.15, 0.2) is 5.82 Å². The van der Waals surface area contributed by atoms with Crippen molar-refractivity contribution in [3.05, 3.63) is 11.6 Å². The molecule has 0 bridgehead atoms. The highest BCUT2D eigenvalue weighted by molar-refractivity contribution is 5.03. The van der Waals surface area contributed by atoms with Gasteiger partial charge in [0.2, 0.25) is 0 Å². The van der Waals surface area contributed by atoms with Crippen LogP contribution in [0.5, 0.6) is 0 Å². The van der Waals surface area contributed by atoms with Crippen molar-refractivity contribution in [3.63, 3.8) is 0 Å². The van der Waals surface area contributed by atoms with Crippen LogP contribution in [-0.4, -0.2) is 32.5 Å². The first-order valence-corrected chi connectivity index (χ1v) is 6.19. The van der Waals surface area contributed by atoms with E-state index < -0.39 is 0 Å². The Labute approximate surface area is 94.9 Å². The van der Waals surface area contributed by atoms with Gasteiger partial charge < -0.3 is 10.4 Å². The Morgan fingerprint density at radius 3 is 3.06 bits per heavy atom. The number of aliphatic hydroxyl groups excluding tert-OH is 1. The summed E-state index contributed by atoms with van der Waals surface area (Å²) in [6.07, 6.45) is 4.97. The largest absolute Gasteiger partial charge is 0.391 e. The van der Waals surface area contributed by atoms with Crippen LogP contribution in [-0.2, 0) is 13.0 Å². The number of aliphatic hydroxyl groups is 1. The molecule has 2 unspecified atom stereocenters. The second-order valence-electron chi connectivity index (χ2n) is 4.71. The molecule has 0 aromatic carbocycles. The highest BCUT2D eigenvalue weighted by Crippen LogP contribution is 2.22. The predicted molar refractivity (Wildman–Crippen MR) is 58.9 cm³/mol. The van der Waals surface area contributed by atoms with Crippen molar-refractivity contribution in [2.45, 2.75) is 50.8 Å². The molecule has 3 rings (SSSR count). The van der Waals surface area contributed by atoms with Gasteiger partial charge in [0, 0.05) is 13.0 Å².